The Morgan fingerprint density at radius 3 is 2.56 bits per heavy atom. The zero-order valence-electron chi connectivity index (χ0n) is 24.1. The van der Waals surface area contributed by atoms with Gasteiger partial charge in [0.2, 0.25) is 5.90 Å². The Labute approximate surface area is 270 Å². The third kappa shape index (κ3) is 8.71. The van der Waals surface area contributed by atoms with Gasteiger partial charge in [0, 0.05) is 58.2 Å². The normalized spacial score (nSPS) is 17.9. The van der Waals surface area contributed by atoms with Gasteiger partial charge in [-0.3, -0.25) is 10.2 Å². The molecule has 0 fully saturated rings. The van der Waals surface area contributed by atoms with Crippen LogP contribution >= 0.6 is 39.1 Å². The van der Waals surface area contributed by atoms with Gasteiger partial charge in [0.1, 0.15) is 5.75 Å². The molecular formula is C32H36BrCl2N3O5. The van der Waals surface area contributed by atoms with Gasteiger partial charge < -0.3 is 19.3 Å². The monoisotopic (exact) mass is 691 g/mol. The maximum absolute atomic E-state index is 14.2. The second-order valence-electron chi connectivity index (χ2n) is 10.4. The summed E-state index contributed by atoms with van der Waals surface area (Å²) in [5.41, 5.74) is 6.61. The zero-order valence-corrected chi connectivity index (χ0v) is 27.2. The first-order chi connectivity index (χ1) is 20.7. The summed E-state index contributed by atoms with van der Waals surface area (Å²) in [7, 11) is 0. The van der Waals surface area contributed by atoms with Gasteiger partial charge in [-0.2, -0.15) is 0 Å². The molecule has 0 radical (unpaired) electrons. The summed E-state index contributed by atoms with van der Waals surface area (Å²) < 4.78 is 18.7. The summed E-state index contributed by atoms with van der Waals surface area (Å²) in [6.07, 6.45) is 0.725. The van der Waals surface area contributed by atoms with Crippen LogP contribution in [-0.4, -0.2) is 54.9 Å². The van der Waals surface area contributed by atoms with E-state index >= 15 is 0 Å². The van der Waals surface area contributed by atoms with Crippen molar-refractivity contribution < 1.29 is 24.1 Å². The van der Waals surface area contributed by atoms with E-state index in [9.17, 15) is 4.79 Å². The maximum atomic E-state index is 14.2. The SMILES string of the molecule is CC(C)OCCCNNC(=O)[C@@]1(Cc2ccccc2Br)N=C(c2ccc(OCCCO)cc2)O[C@H]1c1ccc(Cl)cc1Cl. The van der Waals surface area contributed by atoms with Crippen molar-refractivity contribution in [3.05, 3.63) is 97.9 Å². The minimum Gasteiger partial charge on any atom is -0.494 e. The van der Waals surface area contributed by atoms with Gasteiger partial charge in [0.05, 0.1) is 12.7 Å². The Morgan fingerprint density at radius 2 is 1.86 bits per heavy atom. The lowest BCUT2D eigenvalue weighted by Gasteiger charge is -2.31. The molecule has 230 valence electrons. The number of hydrogen-bond acceptors (Lipinski definition) is 7. The first kappa shape index (κ1) is 33.2. The molecule has 1 amide bonds. The lowest BCUT2D eigenvalue weighted by molar-refractivity contribution is -0.130. The van der Waals surface area contributed by atoms with E-state index in [1.807, 2.05) is 50.2 Å². The van der Waals surface area contributed by atoms with Gasteiger partial charge in [-0.05, 0) is 68.3 Å². The summed E-state index contributed by atoms with van der Waals surface area (Å²) >= 11 is 16.6. The maximum Gasteiger partial charge on any atom is 0.266 e. The third-order valence-corrected chi connectivity index (χ3v) is 8.13. The van der Waals surface area contributed by atoms with Crippen LogP contribution in [0.4, 0.5) is 0 Å². The molecule has 0 saturated carbocycles. The minimum absolute atomic E-state index is 0.0552. The van der Waals surface area contributed by atoms with Gasteiger partial charge in [-0.25, -0.2) is 10.4 Å². The molecule has 8 nitrogen and oxygen atoms in total. The van der Waals surface area contributed by atoms with E-state index in [-0.39, 0.29) is 25.0 Å². The van der Waals surface area contributed by atoms with E-state index < -0.39 is 11.6 Å². The highest BCUT2D eigenvalue weighted by Crippen LogP contribution is 2.45. The molecule has 0 aromatic heterocycles. The van der Waals surface area contributed by atoms with Crippen LogP contribution < -0.4 is 15.6 Å². The number of carbonyl (C=O) groups excluding carboxylic acids is 1. The Kier molecular flexibility index (Phi) is 12.3. The van der Waals surface area contributed by atoms with Crippen LogP contribution in [-0.2, 0) is 20.7 Å². The number of ether oxygens (including phenoxy) is 3. The Hall–Kier alpha value is -2.66. The highest BCUT2D eigenvalue weighted by Gasteiger charge is 2.54. The zero-order chi connectivity index (χ0) is 30.8. The van der Waals surface area contributed by atoms with Crippen molar-refractivity contribution in [2.24, 2.45) is 4.99 Å². The summed E-state index contributed by atoms with van der Waals surface area (Å²) in [6.45, 7) is 5.49. The predicted molar refractivity (Wildman–Crippen MR) is 173 cm³/mol. The molecular weight excluding hydrogens is 657 g/mol. The molecule has 0 spiro atoms. The number of carbonyl (C=O) groups is 1. The molecule has 0 unspecified atom stereocenters. The average Bonchev–Trinajstić information content (AvgIpc) is 3.36. The van der Waals surface area contributed by atoms with Gasteiger partial charge in [-0.15, -0.1) is 0 Å². The fourth-order valence-electron chi connectivity index (χ4n) is 4.64. The standard InChI is InChI=1S/C32H36BrCl2N3O5/c1-21(2)41-17-5-15-36-38-31(40)32(20-23-7-3-4-8-27(23)33)29(26-14-11-24(34)19-28(26)35)43-30(37-32)22-9-12-25(13-10-22)42-18-6-16-39/h3-4,7-14,19,21,29,36,39H,5-6,15-18,20H2,1-2H3,(H,38,40)/t29-,32-/m0/s1. The lowest BCUT2D eigenvalue weighted by atomic mass is 9.82. The van der Waals surface area contributed by atoms with Crippen molar-refractivity contribution in [1.29, 1.82) is 0 Å². The number of nitrogens with zero attached hydrogens (tertiary/aromatic N) is 1. The van der Waals surface area contributed by atoms with Crippen molar-refractivity contribution in [1.82, 2.24) is 10.9 Å². The number of hydrogen-bond donors (Lipinski definition) is 3. The summed E-state index contributed by atoms with van der Waals surface area (Å²) in [4.78, 5) is 19.3. The van der Waals surface area contributed by atoms with Crippen LogP contribution in [0.1, 0.15) is 49.5 Å². The number of aliphatic imine (C=N–C) groups is 1. The van der Waals surface area contributed by atoms with Crippen molar-refractivity contribution in [2.75, 3.05) is 26.4 Å². The van der Waals surface area contributed by atoms with E-state index in [2.05, 4.69) is 26.8 Å². The number of halogens is 3. The van der Waals surface area contributed by atoms with Crippen molar-refractivity contribution in [3.8, 4) is 5.75 Å². The number of aliphatic hydroxyl groups excluding tert-OH is 1. The smallest absolute Gasteiger partial charge is 0.266 e. The highest BCUT2D eigenvalue weighted by molar-refractivity contribution is 9.10. The molecule has 11 heteroatoms. The number of benzene rings is 3. The minimum atomic E-state index is -1.44. The largest absolute Gasteiger partial charge is 0.494 e. The molecule has 0 bridgehead atoms. The Balaban J connectivity index is 1.72. The molecule has 1 aliphatic rings. The van der Waals surface area contributed by atoms with Crippen molar-refractivity contribution >= 4 is 50.9 Å². The number of hydrazine groups is 1. The molecule has 4 rings (SSSR count). The van der Waals surface area contributed by atoms with Gasteiger partial charge in [-0.1, -0.05) is 63.4 Å². The van der Waals surface area contributed by atoms with E-state index in [4.69, 9.17) is 47.5 Å². The molecule has 1 aliphatic heterocycles. The lowest BCUT2D eigenvalue weighted by Crippen LogP contribution is -2.54. The number of amides is 1. The van der Waals surface area contributed by atoms with E-state index in [1.165, 1.54) is 0 Å². The Bertz CT molecular complexity index is 1410. The first-order valence-electron chi connectivity index (χ1n) is 14.2. The fraction of sp³-hybridized carbons (Fsp3) is 0.375. The molecule has 0 saturated heterocycles. The first-order valence-corrected chi connectivity index (χ1v) is 15.7. The van der Waals surface area contributed by atoms with E-state index in [0.29, 0.717) is 65.4 Å². The summed E-state index contributed by atoms with van der Waals surface area (Å²) in [5, 5.41) is 9.87. The second kappa shape index (κ2) is 15.9. The van der Waals surface area contributed by atoms with Crippen molar-refractivity contribution in [3.63, 3.8) is 0 Å². The van der Waals surface area contributed by atoms with E-state index in [0.717, 1.165) is 10.0 Å². The second-order valence-corrected chi connectivity index (χ2v) is 12.1. The quantitative estimate of drug-likeness (QED) is 0.125. The summed E-state index contributed by atoms with van der Waals surface area (Å²) in [6, 6.07) is 20.1. The van der Waals surface area contributed by atoms with Gasteiger partial charge in [0.15, 0.2) is 11.6 Å². The number of aliphatic hydroxyl groups is 1. The number of nitrogens with one attached hydrogen (secondary N) is 2. The van der Waals surface area contributed by atoms with Crippen LogP contribution in [0.2, 0.25) is 10.0 Å². The van der Waals surface area contributed by atoms with Crippen LogP contribution in [0.15, 0.2) is 76.2 Å². The highest BCUT2D eigenvalue weighted by atomic mass is 79.9. The van der Waals surface area contributed by atoms with Crippen molar-refractivity contribution in [2.45, 2.75) is 50.9 Å². The molecule has 0 aliphatic carbocycles. The molecule has 3 aromatic rings. The van der Waals surface area contributed by atoms with Crippen LogP contribution in [0.5, 0.6) is 5.75 Å². The molecule has 1 heterocycles. The van der Waals surface area contributed by atoms with Gasteiger partial charge in [0.25, 0.3) is 5.91 Å². The number of rotatable bonds is 15. The summed E-state index contributed by atoms with van der Waals surface area (Å²) in [5.74, 6) is 0.574. The fourth-order valence-corrected chi connectivity index (χ4v) is 5.57. The molecule has 43 heavy (non-hydrogen) atoms. The van der Waals surface area contributed by atoms with Crippen LogP contribution in [0.3, 0.4) is 0 Å². The molecule has 2 atom stereocenters. The van der Waals surface area contributed by atoms with Gasteiger partial charge >= 0.3 is 0 Å². The molecule has 3 N–H and O–H groups in total. The predicted octanol–water partition coefficient (Wildman–Crippen LogP) is 6.45. The average molecular weight is 693 g/mol. The van der Waals surface area contributed by atoms with Crippen LogP contribution in [0.25, 0.3) is 0 Å². The third-order valence-electron chi connectivity index (χ3n) is 6.79. The van der Waals surface area contributed by atoms with Crippen LogP contribution in [0, 0.1) is 0 Å². The topological polar surface area (TPSA) is 101 Å². The molecule has 3 aromatic carbocycles. The Morgan fingerprint density at radius 1 is 1.09 bits per heavy atom. The van der Waals surface area contributed by atoms with E-state index in [1.54, 1.807) is 30.3 Å².